The fraction of sp³-hybridized carbons (Fsp3) is 0.250. The summed E-state index contributed by atoms with van der Waals surface area (Å²) < 4.78 is 21.0. The van der Waals surface area contributed by atoms with Crippen LogP contribution in [0.5, 0.6) is 11.5 Å². The van der Waals surface area contributed by atoms with Crippen LogP contribution in [0.1, 0.15) is 25.5 Å². The van der Waals surface area contributed by atoms with Gasteiger partial charge in [-0.15, -0.1) is 0 Å². The van der Waals surface area contributed by atoms with Crippen LogP contribution < -0.4 is 10.1 Å². The molecule has 20 heavy (non-hydrogen) atoms. The number of benzene rings is 2. The zero-order valence-corrected chi connectivity index (χ0v) is 13.6. The van der Waals surface area contributed by atoms with E-state index in [1.54, 1.807) is 12.1 Å². The molecule has 1 unspecified atom stereocenters. The predicted octanol–water partition coefficient (Wildman–Crippen LogP) is 4.89. The molecular weight excluding hydrogens is 368 g/mol. The summed E-state index contributed by atoms with van der Waals surface area (Å²) in [5.41, 5.74) is 0.563. The average Bonchev–Trinajstić information content (AvgIpc) is 2.39. The molecule has 1 atom stereocenters. The molecule has 0 saturated carbocycles. The highest BCUT2D eigenvalue weighted by Gasteiger charge is 2.16. The van der Waals surface area contributed by atoms with E-state index in [4.69, 9.17) is 4.74 Å². The maximum Gasteiger partial charge on any atom is 0.135 e. The van der Waals surface area contributed by atoms with Gasteiger partial charge in [0, 0.05) is 15.2 Å². The number of rotatable bonds is 5. The molecule has 2 aromatic rings. The van der Waals surface area contributed by atoms with Crippen molar-refractivity contribution >= 4 is 22.6 Å². The van der Waals surface area contributed by atoms with Crippen LogP contribution in [0.3, 0.4) is 0 Å². The molecule has 0 fully saturated rings. The lowest BCUT2D eigenvalue weighted by Crippen LogP contribution is -2.19. The Morgan fingerprint density at radius 2 is 2.00 bits per heavy atom. The molecule has 0 spiro atoms. The third kappa shape index (κ3) is 3.70. The van der Waals surface area contributed by atoms with Gasteiger partial charge in [-0.25, -0.2) is 4.39 Å². The Bertz CT molecular complexity index is 588. The molecule has 2 nitrogen and oxygen atoms in total. The van der Waals surface area contributed by atoms with Crippen LogP contribution in [0, 0.1) is 9.39 Å². The zero-order chi connectivity index (χ0) is 14.5. The van der Waals surface area contributed by atoms with Crippen molar-refractivity contribution in [2.45, 2.75) is 19.9 Å². The fourth-order valence-corrected chi connectivity index (χ4v) is 2.61. The molecule has 0 heterocycles. The largest absolute Gasteiger partial charge is 0.457 e. The van der Waals surface area contributed by atoms with E-state index in [2.05, 4.69) is 27.9 Å². The van der Waals surface area contributed by atoms with Crippen LogP contribution in [-0.4, -0.2) is 6.54 Å². The maximum atomic E-state index is 14.1. The summed E-state index contributed by atoms with van der Waals surface area (Å²) in [6.07, 6.45) is 0. The molecule has 2 rings (SSSR count). The summed E-state index contributed by atoms with van der Waals surface area (Å²) in [5.74, 6) is 1.02. The lowest BCUT2D eigenvalue weighted by Gasteiger charge is -2.18. The van der Waals surface area contributed by atoms with Gasteiger partial charge in [0.25, 0.3) is 0 Å². The zero-order valence-electron chi connectivity index (χ0n) is 11.5. The smallest absolute Gasteiger partial charge is 0.135 e. The topological polar surface area (TPSA) is 21.3 Å². The normalized spacial score (nSPS) is 12.2. The lowest BCUT2D eigenvalue weighted by atomic mass is 10.1. The van der Waals surface area contributed by atoms with E-state index < -0.39 is 0 Å². The van der Waals surface area contributed by atoms with Crippen molar-refractivity contribution in [1.29, 1.82) is 0 Å². The quantitative estimate of drug-likeness (QED) is 0.740. The van der Waals surface area contributed by atoms with E-state index in [0.717, 1.165) is 10.1 Å². The molecule has 1 N–H and O–H groups in total. The summed E-state index contributed by atoms with van der Waals surface area (Å²) in [5, 5.41) is 3.22. The highest BCUT2D eigenvalue weighted by Crippen LogP contribution is 2.32. The van der Waals surface area contributed by atoms with Crippen molar-refractivity contribution in [1.82, 2.24) is 5.32 Å². The SMILES string of the molecule is CCNC(C)c1c(F)cccc1Oc1cccc(I)c1. The van der Waals surface area contributed by atoms with Gasteiger partial charge >= 0.3 is 0 Å². The Morgan fingerprint density at radius 3 is 2.70 bits per heavy atom. The van der Waals surface area contributed by atoms with Crippen molar-refractivity contribution in [3.05, 3.63) is 57.4 Å². The molecule has 0 aromatic heterocycles. The molecule has 0 aliphatic heterocycles. The molecule has 0 radical (unpaired) electrons. The number of ether oxygens (including phenoxy) is 1. The highest BCUT2D eigenvalue weighted by molar-refractivity contribution is 14.1. The Hall–Kier alpha value is -1.14. The molecule has 0 bridgehead atoms. The van der Waals surface area contributed by atoms with E-state index in [1.807, 2.05) is 38.1 Å². The molecule has 0 aliphatic rings. The third-order valence-corrected chi connectivity index (χ3v) is 3.65. The first kappa shape index (κ1) is 15.3. The minimum absolute atomic E-state index is 0.0982. The summed E-state index contributed by atoms with van der Waals surface area (Å²) in [6.45, 7) is 4.71. The Labute approximate surface area is 132 Å². The van der Waals surface area contributed by atoms with Gasteiger partial charge in [-0.3, -0.25) is 0 Å². The van der Waals surface area contributed by atoms with Crippen LogP contribution in [0.15, 0.2) is 42.5 Å². The number of halogens is 2. The van der Waals surface area contributed by atoms with Crippen LogP contribution >= 0.6 is 22.6 Å². The summed E-state index contributed by atoms with van der Waals surface area (Å²) in [7, 11) is 0. The van der Waals surface area contributed by atoms with Crippen molar-refractivity contribution in [3.8, 4) is 11.5 Å². The monoisotopic (exact) mass is 385 g/mol. The van der Waals surface area contributed by atoms with Gasteiger partial charge in [-0.05, 0) is 66.4 Å². The van der Waals surface area contributed by atoms with Crippen LogP contribution in [-0.2, 0) is 0 Å². The average molecular weight is 385 g/mol. The molecule has 4 heteroatoms. The summed E-state index contributed by atoms with van der Waals surface area (Å²) in [6, 6.07) is 12.5. The second-order valence-corrected chi connectivity index (χ2v) is 5.74. The highest BCUT2D eigenvalue weighted by atomic mass is 127. The molecule has 0 saturated heterocycles. The van der Waals surface area contributed by atoms with Gasteiger partial charge in [-0.2, -0.15) is 0 Å². The first-order valence-electron chi connectivity index (χ1n) is 6.57. The van der Waals surface area contributed by atoms with E-state index in [1.165, 1.54) is 6.07 Å². The van der Waals surface area contributed by atoms with Gasteiger partial charge in [0.15, 0.2) is 0 Å². The molecule has 0 amide bonds. The molecular formula is C16H17FINO. The first-order valence-corrected chi connectivity index (χ1v) is 7.65. The van der Waals surface area contributed by atoms with Gasteiger partial charge in [0.05, 0.1) is 0 Å². The lowest BCUT2D eigenvalue weighted by molar-refractivity contribution is 0.448. The number of hydrogen-bond acceptors (Lipinski definition) is 2. The molecule has 2 aromatic carbocycles. The third-order valence-electron chi connectivity index (χ3n) is 2.98. The van der Waals surface area contributed by atoms with Crippen molar-refractivity contribution < 1.29 is 9.13 Å². The standard InChI is InChI=1S/C16H17FINO/c1-3-19-11(2)16-14(17)8-5-9-15(16)20-13-7-4-6-12(18)10-13/h4-11,19H,3H2,1-2H3. The van der Waals surface area contributed by atoms with Crippen LogP contribution in [0.2, 0.25) is 0 Å². The molecule has 106 valence electrons. The van der Waals surface area contributed by atoms with Crippen LogP contribution in [0.4, 0.5) is 4.39 Å². The second-order valence-electron chi connectivity index (χ2n) is 4.49. The van der Waals surface area contributed by atoms with E-state index in [9.17, 15) is 4.39 Å². The maximum absolute atomic E-state index is 14.1. The Morgan fingerprint density at radius 1 is 1.25 bits per heavy atom. The Kier molecular flexibility index (Phi) is 5.37. The molecule has 0 aliphatic carbocycles. The first-order chi connectivity index (χ1) is 9.61. The van der Waals surface area contributed by atoms with E-state index in [-0.39, 0.29) is 11.9 Å². The predicted molar refractivity (Wildman–Crippen MR) is 87.7 cm³/mol. The van der Waals surface area contributed by atoms with Crippen molar-refractivity contribution in [2.24, 2.45) is 0 Å². The summed E-state index contributed by atoms with van der Waals surface area (Å²) in [4.78, 5) is 0. The second kappa shape index (κ2) is 7.04. The van der Waals surface area contributed by atoms with Gasteiger partial charge in [0.1, 0.15) is 17.3 Å². The van der Waals surface area contributed by atoms with Crippen molar-refractivity contribution in [2.75, 3.05) is 6.54 Å². The van der Waals surface area contributed by atoms with Crippen molar-refractivity contribution in [3.63, 3.8) is 0 Å². The van der Waals surface area contributed by atoms with Gasteiger partial charge in [-0.1, -0.05) is 19.1 Å². The van der Waals surface area contributed by atoms with E-state index >= 15 is 0 Å². The fourth-order valence-electron chi connectivity index (χ4n) is 2.09. The summed E-state index contributed by atoms with van der Waals surface area (Å²) >= 11 is 2.22. The Balaban J connectivity index is 2.34. The number of hydrogen-bond donors (Lipinski definition) is 1. The van der Waals surface area contributed by atoms with Gasteiger partial charge < -0.3 is 10.1 Å². The minimum atomic E-state index is -0.249. The van der Waals surface area contributed by atoms with Gasteiger partial charge in [0.2, 0.25) is 0 Å². The van der Waals surface area contributed by atoms with Crippen LogP contribution in [0.25, 0.3) is 0 Å². The van der Waals surface area contributed by atoms with E-state index in [0.29, 0.717) is 17.1 Å². The number of nitrogens with one attached hydrogen (secondary N) is 1. The minimum Gasteiger partial charge on any atom is -0.457 e.